The molecule has 0 bridgehead atoms. The van der Waals surface area contributed by atoms with Crippen LogP contribution in [-0.4, -0.2) is 20.9 Å². The molecule has 1 atom stereocenters. The molecule has 0 saturated heterocycles. The number of rotatable bonds is 8. The second-order valence-corrected chi connectivity index (χ2v) is 8.61. The third-order valence-electron chi connectivity index (χ3n) is 3.86. The van der Waals surface area contributed by atoms with Crippen LogP contribution >= 0.6 is 0 Å². The van der Waals surface area contributed by atoms with Gasteiger partial charge in [-0.05, 0) is 0 Å². The second kappa shape index (κ2) is 9.30. The summed E-state index contributed by atoms with van der Waals surface area (Å²) >= 11 is 0.157. The van der Waals surface area contributed by atoms with E-state index in [9.17, 15) is 8.78 Å². The normalized spacial score (nSPS) is 12.4. The second-order valence-electron chi connectivity index (χ2n) is 5.57. The van der Waals surface area contributed by atoms with Crippen molar-refractivity contribution in [3.05, 3.63) is 47.8 Å². The van der Waals surface area contributed by atoms with Gasteiger partial charge >= 0.3 is 153 Å². The predicted octanol–water partition coefficient (Wildman–Crippen LogP) is 2.03. The molecule has 0 aliphatic heterocycles. The van der Waals surface area contributed by atoms with Gasteiger partial charge in [0, 0.05) is 0 Å². The van der Waals surface area contributed by atoms with E-state index in [-0.39, 0.29) is 21.2 Å². The van der Waals surface area contributed by atoms with Crippen LogP contribution in [-0.2, 0) is 0 Å². The quantitative estimate of drug-likeness (QED) is 0.352. The van der Waals surface area contributed by atoms with Crippen LogP contribution in [0.5, 0.6) is 5.75 Å². The van der Waals surface area contributed by atoms with E-state index in [1.54, 1.807) is 12.1 Å². The number of halogens is 3. The molecule has 0 saturated carbocycles. The van der Waals surface area contributed by atoms with E-state index in [1.165, 1.54) is 36.3 Å². The Morgan fingerprint density at radius 1 is 1.17 bits per heavy atom. The summed E-state index contributed by atoms with van der Waals surface area (Å²) in [6.45, 7) is 4.35. The fraction of sp³-hybridized carbons (Fsp3) is 0.421. The van der Waals surface area contributed by atoms with Crippen molar-refractivity contribution in [2.75, 3.05) is 16.0 Å². The average molecular weight is 446 g/mol. The number of hydrogen-bond acceptors (Lipinski definition) is 2. The van der Waals surface area contributed by atoms with Gasteiger partial charge in [0.05, 0.1) is 0 Å². The third-order valence-corrected chi connectivity index (χ3v) is 7.39. The fourth-order valence-electron chi connectivity index (χ4n) is 2.51. The molecule has 0 N–H and O–H groups in total. The minimum absolute atomic E-state index is 0.157. The Balaban J connectivity index is 2.38. The summed E-state index contributed by atoms with van der Waals surface area (Å²) in [4.78, 5) is 4.32. The molecule has 0 amide bonds. The molecule has 1 aromatic heterocycles. The van der Waals surface area contributed by atoms with E-state index in [1.807, 2.05) is 0 Å². The van der Waals surface area contributed by atoms with Gasteiger partial charge in [-0.15, -0.1) is 0 Å². The Hall–Kier alpha value is -1.24. The summed E-state index contributed by atoms with van der Waals surface area (Å²) in [5.41, 5.74) is 1.89. The molecule has 1 aromatic carbocycles. The van der Waals surface area contributed by atoms with Crippen molar-refractivity contribution in [1.82, 2.24) is 4.98 Å². The Labute approximate surface area is 152 Å². The molecular formula is C19H23F2INO-. The minimum atomic E-state index is -0.415. The number of benzene rings is 1. The van der Waals surface area contributed by atoms with Gasteiger partial charge in [-0.2, -0.15) is 0 Å². The molecule has 1 heterocycles. The zero-order valence-electron chi connectivity index (χ0n) is 14.3. The summed E-state index contributed by atoms with van der Waals surface area (Å²) in [5.74, 6) is -0.129. The number of hydrogen-bond donors (Lipinski definition) is 0. The van der Waals surface area contributed by atoms with E-state index in [2.05, 4.69) is 18.8 Å². The molecule has 0 aliphatic rings. The van der Waals surface area contributed by atoms with Gasteiger partial charge in [0.1, 0.15) is 0 Å². The molecule has 0 spiro atoms. The van der Waals surface area contributed by atoms with Crippen LogP contribution in [0, 0.1) is 11.6 Å². The molecule has 0 radical (unpaired) electrons. The molecule has 1 unspecified atom stereocenters. The molecule has 24 heavy (non-hydrogen) atoms. The average Bonchev–Trinajstić information content (AvgIpc) is 2.59. The van der Waals surface area contributed by atoms with Crippen LogP contribution in [0.4, 0.5) is 8.78 Å². The van der Waals surface area contributed by atoms with E-state index in [4.69, 9.17) is 4.74 Å². The molecule has 5 heteroatoms. The monoisotopic (exact) mass is 446 g/mol. The maximum atomic E-state index is 14.3. The number of nitrogens with zero attached hydrogens (tertiary/aromatic N) is 1. The molecule has 0 fully saturated rings. The van der Waals surface area contributed by atoms with Crippen molar-refractivity contribution >= 4 is 0 Å². The van der Waals surface area contributed by atoms with Gasteiger partial charge in [-0.25, -0.2) is 0 Å². The Morgan fingerprint density at radius 3 is 2.62 bits per heavy atom. The van der Waals surface area contributed by atoms with E-state index < -0.39 is 11.6 Å². The number of pyridine rings is 1. The van der Waals surface area contributed by atoms with Gasteiger partial charge in [0.2, 0.25) is 0 Å². The van der Waals surface area contributed by atoms with E-state index >= 15 is 0 Å². The topological polar surface area (TPSA) is 22.1 Å². The van der Waals surface area contributed by atoms with Crippen LogP contribution < -0.4 is 25.9 Å². The standard InChI is InChI=1S/C19H23F2INO/c1-4-8-22-11-13(5-2)18-10-16(17(21)12-23-18)15-7-6-14(20)9-19(15)24-3/h6-7,9-10,12-13H,4-5,8,11H2,1-3H3/q-1. The third kappa shape index (κ3) is 4.65. The van der Waals surface area contributed by atoms with Crippen LogP contribution in [0.25, 0.3) is 11.1 Å². The van der Waals surface area contributed by atoms with Gasteiger partial charge in [-0.1, -0.05) is 0 Å². The van der Waals surface area contributed by atoms with Crippen molar-refractivity contribution in [1.29, 1.82) is 0 Å². The number of alkyl halides is 2. The van der Waals surface area contributed by atoms with E-state index in [0.717, 1.165) is 16.5 Å². The van der Waals surface area contributed by atoms with Crippen molar-refractivity contribution in [2.24, 2.45) is 0 Å². The van der Waals surface area contributed by atoms with Crippen LogP contribution in [0.2, 0.25) is 0 Å². The Morgan fingerprint density at radius 2 is 1.96 bits per heavy atom. The molecule has 0 aliphatic carbocycles. The van der Waals surface area contributed by atoms with Gasteiger partial charge in [0.25, 0.3) is 0 Å². The number of methoxy groups -OCH3 is 1. The summed E-state index contributed by atoms with van der Waals surface area (Å²) < 4.78 is 35.4. The van der Waals surface area contributed by atoms with Crippen molar-refractivity contribution in [2.45, 2.75) is 32.6 Å². The van der Waals surface area contributed by atoms with Crippen LogP contribution in [0.1, 0.15) is 38.3 Å². The van der Waals surface area contributed by atoms with Gasteiger partial charge in [-0.3, -0.25) is 0 Å². The van der Waals surface area contributed by atoms with Crippen molar-refractivity contribution in [3.63, 3.8) is 0 Å². The first-order chi connectivity index (χ1) is 11.6. The van der Waals surface area contributed by atoms with Crippen LogP contribution in [0.15, 0.2) is 30.5 Å². The first kappa shape index (κ1) is 19.1. The summed E-state index contributed by atoms with van der Waals surface area (Å²) in [6, 6.07) is 5.95. The summed E-state index contributed by atoms with van der Waals surface area (Å²) in [6.07, 6.45) is 3.48. The first-order valence-electron chi connectivity index (χ1n) is 8.13. The zero-order chi connectivity index (χ0) is 17.5. The zero-order valence-corrected chi connectivity index (χ0v) is 16.4. The number of ether oxygens (including phenoxy) is 1. The number of aromatic nitrogens is 1. The molecular weight excluding hydrogens is 423 g/mol. The summed E-state index contributed by atoms with van der Waals surface area (Å²) in [5, 5.41) is 0. The predicted molar refractivity (Wildman–Crippen MR) is 89.2 cm³/mol. The maximum absolute atomic E-state index is 14.3. The van der Waals surface area contributed by atoms with Crippen molar-refractivity contribution < 1.29 is 34.7 Å². The molecule has 2 aromatic rings. The van der Waals surface area contributed by atoms with Crippen LogP contribution in [0.3, 0.4) is 0 Å². The fourth-order valence-corrected chi connectivity index (χ4v) is 5.54. The molecule has 2 nitrogen and oxygen atoms in total. The first-order valence-corrected chi connectivity index (χ1v) is 11.2. The molecule has 132 valence electrons. The van der Waals surface area contributed by atoms with Gasteiger partial charge < -0.3 is 0 Å². The SMILES string of the molecule is CCC[I-]CC(CC)c1cc(-c2ccc(F)cc2OC)c(F)cn1. The van der Waals surface area contributed by atoms with E-state index in [0.29, 0.717) is 22.8 Å². The Bertz CT molecular complexity index is 678. The van der Waals surface area contributed by atoms with Crippen molar-refractivity contribution in [3.8, 4) is 16.9 Å². The van der Waals surface area contributed by atoms with Gasteiger partial charge in [0.15, 0.2) is 0 Å². The molecule has 2 rings (SSSR count). The Kier molecular flexibility index (Phi) is 7.40. The summed E-state index contributed by atoms with van der Waals surface area (Å²) in [7, 11) is 1.46.